The molecule has 4 rings (SSSR count). The van der Waals surface area contributed by atoms with Crippen LogP contribution in [0.3, 0.4) is 0 Å². The van der Waals surface area contributed by atoms with Crippen LogP contribution < -0.4 is 4.90 Å². The number of thiazole rings is 1. The van der Waals surface area contributed by atoms with Gasteiger partial charge in [-0.25, -0.2) is 27.1 Å². The smallest absolute Gasteiger partial charge is 0.414 e. The first-order chi connectivity index (χ1) is 16.3. The molecule has 2 aromatic heterocycles. The Kier molecular flexibility index (Phi) is 5.89. The van der Waals surface area contributed by atoms with E-state index in [2.05, 4.69) is 4.98 Å². The van der Waals surface area contributed by atoms with Crippen LogP contribution in [-0.2, 0) is 10.0 Å². The largest absolute Gasteiger partial charge is 0.465 e. The maximum Gasteiger partial charge on any atom is 0.414 e. The molecular weight excluding hydrogens is 492 g/mol. The number of hydrogen-bond donors (Lipinski definition) is 1. The molecule has 0 fully saturated rings. The molecule has 0 bridgehead atoms. The van der Waals surface area contributed by atoms with E-state index in [1.54, 1.807) is 45.0 Å². The molecule has 0 atom stereocenters. The third-order valence-corrected chi connectivity index (χ3v) is 8.06. The quantitative estimate of drug-likeness (QED) is 0.274. The number of carboxylic acid groups (broad SMARTS) is 1. The molecule has 1 amide bonds. The molecule has 4 aromatic rings. The summed E-state index contributed by atoms with van der Waals surface area (Å²) < 4.78 is 27.5. The number of nitro benzene ring substituents is 1. The lowest BCUT2D eigenvalue weighted by molar-refractivity contribution is -0.387. The van der Waals surface area contributed by atoms with E-state index in [9.17, 15) is 28.4 Å². The molecule has 1 N–H and O–H groups in total. The van der Waals surface area contributed by atoms with Gasteiger partial charge in [0.15, 0.2) is 10.0 Å². The number of nitrogens with zero attached hydrogens (tertiary/aromatic N) is 4. The summed E-state index contributed by atoms with van der Waals surface area (Å²) in [7, 11) is -4.23. The molecule has 2 heterocycles. The summed E-state index contributed by atoms with van der Waals surface area (Å²) in [6, 6.07) is 11.9. The number of nitro groups is 1. The number of amides is 1. The van der Waals surface area contributed by atoms with Gasteiger partial charge in [-0.2, -0.15) is 0 Å². The molecule has 0 saturated heterocycles. The van der Waals surface area contributed by atoms with Crippen LogP contribution in [0.2, 0.25) is 0 Å². The van der Waals surface area contributed by atoms with Crippen molar-refractivity contribution in [3.63, 3.8) is 0 Å². The summed E-state index contributed by atoms with van der Waals surface area (Å²) in [5.74, 6) is 0. The van der Waals surface area contributed by atoms with Crippen LogP contribution >= 0.6 is 11.3 Å². The Balaban J connectivity index is 1.79. The van der Waals surface area contributed by atoms with Crippen LogP contribution in [0, 0.1) is 17.0 Å². The maximum absolute atomic E-state index is 13.3. The zero-order valence-corrected chi connectivity index (χ0v) is 20.9. The molecule has 0 aliphatic rings. The molecule has 12 heteroatoms. The highest BCUT2D eigenvalue weighted by molar-refractivity contribution is 7.90. The number of aryl methyl sites for hydroxylation is 1. The van der Waals surface area contributed by atoms with Crippen molar-refractivity contribution in [2.45, 2.75) is 38.1 Å². The van der Waals surface area contributed by atoms with Gasteiger partial charge in [0.1, 0.15) is 0 Å². The van der Waals surface area contributed by atoms with Crippen molar-refractivity contribution >= 4 is 49.2 Å². The first-order valence-electron chi connectivity index (χ1n) is 10.4. The number of para-hydroxylation sites is 1. The summed E-state index contributed by atoms with van der Waals surface area (Å²) in [6.45, 7) is 7.19. The van der Waals surface area contributed by atoms with Gasteiger partial charge in [-0.15, -0.1) is 11.3 Å². The Morgan fingerprint density at radius 1 is 1.17 bits per heavy atom. The van der Waals surface area contributed by atoms with Crippen molar-refractivity contribution in [2.75, 3.05) is 4.90 Å². The highest BCUT2D eigenvalue weighted by Gasteiger charge is 2.31. The Hall–Kier alpha value is -3.77. The molecule has 35 heavy (non-hydrogen) atoms. The number of rotatable bonds is 5. The molecule has 0 aliphatic carbocycles. The van der Waals surface area contributed by atoms with E-state index < -0.39 is 37.2 Å². The molecule has 182 valence electrons. The van der Waals surface area contributed by atoms with Crippen molar-refractivity contribution in [3.8, 4) is 11.3 Å². The number of hydrogen-bond acceptors (Lipinski definition) is 7. The SMILES string of the molecule is Cc1sc(N(C(=O)O)C(C)(C)C)nc1-c1ccc2c(ccn2S(=O)(=O)c2ccccc2[N+](=O)[O-])c1. The van der Waals surface area contributed by atoms with Crippen LogP contribution in [0.25, 0.3) is 22.2 Å². The average Bonchev–Trinajstić information content (AvgIpc) is 3.35. The van der Waals surface area contributed by atoms with E-state index in [0.717, 1.165) is 14.9 Å². The number of aromatic nitrogens is 2. The number of carbonyl (C=O) groups is 1. The number of benzene rings is 2. The van der Waals surface area contributed by atoms with Gasteiger partial charge in [-0.1, -0.05) is 18.2 Å². The molecule has 0 spiro atoms. The second kappa shape index (κ2) is 8.47. The fourth-order valence-electron chi connectivity index (χ4n) is 3.81. The fraction of sp³-hybridized carbons (Fsp3) is 0.217. The molecular formula is C23H22N4O6S2. The number of anilines is 1. The van der Waals surface area contributed by atoms with Gasteiger partial charge in [-0.3, -0.25) is 10.1 Å². The fourth-order valence-corrected chi connectivity index (χ4v) is 6.44. The topological polar surface area (TPSA) is 136 Å². The molecule has 0 radical (unpaired) electrons. The van der Waals surface area contributed by atoms with E-state index in [1.165, 1.54) is 40.6 Å². The molecule has 2 aromatic carbocycles. The third-order valence-electron chi connectivity index (χ3n) is 5.37. The van der Waals surface area contributed by atoms with E-state index in [1.807, 2.05) is 6.92 Å². The summed E-state index contributed by atoms with van der Waals surface area (Å²) in [5.41, 5.74) is 0.442. The van der Waals surface area contributed by atoms with Gasteiger partial charge < -0.3 is 5.11 Å². The van der Waals surface area contributed by atoms with Crippen molar-refractivity contribution in [2.24, 2.45) is 0 Å². The average molecular weight is 515 g/mol. The zero-order valence-electron chi connectivity index (χ0n) is 19.3. The van der Waals surface area contributed by atoms with Crippen LogP contribution in [0.1, 0.15) is 25.6 Å². The highest BCUT2D eigenvalue weighted by Crippen LogP contribution is 2.37. The van der Waals surface area contributed by atoms with E-state index in [-0.39, 0.29) is 0 Å². The van der Waals surface area contributed by atoms with E-state index in [0.29, 0.717) is 27.3 Å². The van der Waals surface area contributed by atoms with Gasteiger partial charge >= 0.3 is 6.09 Å². The minimum absolute atomic E-state index is 0.342. The van der Waals surface area contributed by atoms with Crippen molar-refractivity contribution in [1.29, 1.82) is 0 Å². The minimum atomic E-state index is -4.23. The van der Waals surface area contributed by atoms with Crippen LogP contribution in [0.5, 0.6) is 0 Å². The van der Waals surface area contributed by atoms with Gasteiger partial charge in [0.05, 0.1) is 16.1 Å². The van der Waals surface area contributed by atoms with Crippen molar-refractivity contribution in [1.82, 2.24) is 8.96 Å². The lowest BCUT2D eigenvalue weighted by atomic mass is 10.1. The molecule has 0 unspecified atom stereocenters. The first-order valence-corrected chi connectivity index (χ1v) is 12.7. The maximum atomic E-state index is 13.3. The third kappa shape index (κ3) is 4.26. The van der Waals surface area contributed by atoms with E-state index >= 15 is 0 Å². The predicted molar refractivity (Wildman–Crippen MR) is 134 cm³/mol. The lowest BCUT2D eigenvalue weighted by Crippen LogP contribution is -2.45. The lowest BCUT2D eigenvalue weighted by Gasteiger charge is -2.30. The minimum Gasteiger partial charge on any atom is -0.465 e. The van der Waals surface area contributed by atoms with Gasteiger partial charge in [-0.05, 0) is 52.0 Å². The van der Waals surface area contributed by atoms with Crippen LogP contribution in [-0.4, -0.2) is 39.0 Å². The standard InChI is InChI=1S/C23H22N4O6S2/c1-14-20(24-21(34-14)26(22(28)29)23(2,3)4)16-9-10-17-15(13-16)11-12-25(17)35(32,33)19-8-6-5-7-18(19)27(30)31/h5-13H,1-4H3,(H,28,29). The highest BCUT2D eigenvalue weighted by atomic mass is 32.2. The summed E-state index contributed by atoms with van der Waals surface area (Å²) >= 11 is 1.26. The van der Waals surface area contributed by atoms with Gasteiger partial charge in [0.25, 0.3) is 15.7 Å². The van der Waals surface area contributed by atoms with Gasteiger partial charge in [0.2, 0.25) is 0 Å². The Bertz CT molecular complexity index is 1580. The van der Waals surface area contributed by atoms with Gasteiger partial charge in [0, 0.05) is 33.6 Å². The Morgan fingerprint density at radius 3 is 2.49 bits per heavy atom. The second-order valence-corrected chi connectivity index (χ2v) is 11.8. The summed E-state index contributed by atoms with van der Waals surface area (Å²) in [4.78, 5) is 28.7. The summed E-state index contributed by atoms with van der Waals surface area (Å²) in [6.07, 6.45) is 0.247. The predicted octanol–water partition coefficient (Wildman–Crippen LogP) is 5.50. The monoisotopic (exact) mass is 514 g/mol. The first kappa shape index (κ1) is 24.4. The molecule has 0 aliphatic heterocycles. The number of fused-ring (bicyclic) bond motifs is 1. The van der Waals surface area contributed by atoms with Crippen LogP contribution in [0.4, 0.5) is 15.6 Å². The normalized spacial score (nSPS) is 12.1. The zero-order chi connectivity index (χ0) is 25.7. The Morgan fingerprint density at radius 2 is 1.86 bits per heavy atom. The van der Waals surface area contributed by atoms with E-state index in [4.69, 9.17) is 0 Å². The summed E-state index contributed by atoms with van der Waals surface area (Å²) in [5, 5.41) is 22.0. The van der Waals surface area contributed by atoms with Crippen molar-refractivity contribution in [3.05, 3.63) is 69.7 Å². The molecule has 0 saturated carbocycles. The Labute approximate surface area is 205 Å². The second-order valence-electron chi connectivity index (χ2n) is 8.81. The molecule has 10 nitrogen and oxygen atoms in total. The van der Waals surface area contributed by atoms with Crippen LogP contribution in [0.15, 0.2) is 59.6 Å². The van der Waals surface area contributed by atoms with Crippen molar-refractivity contribution < 1.29 is 23.2 Å².